The fourth-order valence-corrected chi connectivity index (χ4v) is 3.88. The van der Waals surface area contributed by atoms with E-state index < -0.39 is 9.85 Å². The van der Waals surface area contributed by atoms with Gasteiger partial charge in [0.2, 0.25) is 0 Å². The monoisotopic (exact) mass is 375 g/mol. The van der Waals surface area contributed by atoms with E-state index in [1.54, 1.807) is 0 Å². The summed E-state index contributed by atoms with van der Waals surface area (Å²) < 4.78 is 0. The Hall–Kier alpha value is -2.84. The van der Waals surface area contributed by atoms with Crippen molar-refractivity contribution in [3.63, 3.8) is 0 Å². The summed E-state index contributed by atoms with van der Waals surface area (Å²) in [5, 5.41) is 26.4. The van der Waals surface area contributed by atoms with Crippen molar-refractivity contribution in [2.24, 2.45) is 11.1 Å². The molecule has 3 rings (SSSR count). The summed E-state index contributed by atoms with van der Waals surface area (Å²) in [6.45, 7) is 0. The van der Waals surface area contributed by atoms with E-state index in [-0.39, 0.29) is 29.2 Å². The number of benzene rings is 1. The second kappa shape index (κ2) is 8.24. The highest BCUT2D eigenvalue weighted by Crippen LogP contribution is 2.38. The normalized spacial score (nSPS) is 21.9. The summed E-state index contributed by atoms with van der Waals surface area (Å²) in [7, 11) is 0. The first-order chi connectivity index (χ1) is 13.0. The van der Waals surface area contributed by atoms with Gasteiger partial charge in [0.15, 0.2) is 0 Å². The van der Waals surface area contributed by atoms with Gasteiger partial charge in [-0.3, -0.25) is 20.2 Å². The summed E-state index contributed by atoms with van der Waals surface area (Å²) in [6, 6.07) is 3.66. The van der Waals surface area contributed by atoms with Crippen molar-refractivity contribution in [1.29, 1.82) is 0 Å². The summed E-state index contributed by atoms with van der Waals surface area (Å²) in [5.74, 6) is -0.844. The first kappa shape index (κ1) is 18.9. The minimum Gasteiger partial charge on any atom is -0.318 e. The van der Waals surface area contributed by atoms with Gasteiger partial charge >= 0.3 is 5.97 Å². The molecule has 2 fully saturated rings. The third-order valence-corrected chi connectivity index (χ3v) is 5.32. The summed E-state index contributed by atoms with van der Waals surface area (Å²) >= 11 is 0. The predicted molar refractivity (Wildman–Crippen MR) is 96.4 cm³/mol. The third kappa shape index (κ3) is 4.29. The van der Waals surface area contributed by atoms with Crippen LogP contribution in [0, 0.1) is 26.1 Å². The SMILES string of the molecule is O=C(ON=C1CCCCC1c1ccc([N+](=O)[O-])cc1[N+](=O)[O-])C1CCCC1. The zero-order valence-electron chi connectivity index (χ0n) is 14.8. The Morgan fingerprint density at radius 3 is 2.41 bits per heavy atom. The molecule has 1 aromatic rings. The maximum atomic E-state index is 12.1. The topological polar surface area (TPSA) is 125 Å². The molecule has 0 radical (unpaired) electrons. The van der Waals surface area contributed by atoms with Gasteiger partial charge in [-0.15, -0.1) is 0 Å². The highest BCUT2D eigenvalue weighted by molar-refractivity contribution is 5.92. The van der Waals surface area contributed by atoms with Crippen LogP contribution in [-0.4, -0.2) is 21.5 Å². The van der Waals surface area contributed by atoms with Crippen molar-refractivity contribution >= 4 is 23.1 Å². The number of hydrogen-bond acceptors (Lipinski definition) is 7. The molecule has 0 amide bonds. The van der Waals surface area contributed by atoms with E-state index >= 15 is 0 Å². The zero-order valence-corrected chi connectivity index (χ0v) is 14.8. The molecule has 2 aliphatic rings. The average Bonchev–Trinajstić information content (AvgIpc) is 3.20. The molecule has 0 N–H and O–H groups in total. The molecular formula is C18H21N3O6. The Bertz CT molecular complexity index is 785. The summed E-state index contributed by atoms with van der Waals surface area (Å²) in [5.41, 5.74) is 0.337. The van der Waals surface area contributed by atoms with Crippen molar-refractivity contribution in [2.45, 2.75) is 57.3 Å². The van der Waals surface area contributed by atoms with Crippen LogP contribution in [0.3, 0.4) is 0 Å². The van der Waals surface area contributed by atoms with E-state index in [9.17, 15) is 25.0 Å². The van der Waals surface area contributed by atoms with E-state index in [1.807, 2.05) is 0 Å². The fourth-order valence-electron chi connectivity index (χ4n) is 3.88. The predicted octanol–water partition coefficient (Wildman–Crippen LogP) is 4.25. The number of carbonyl (C=O) groups is 1. The molecule has 0 aromatic heterocycles. The van der Waals surface area contributed by atoms with Crippen molar-refractivity contribution in [2.75, 3.05) is 0 Å². The molecule has 27 heavy (non-hydrogen) atoms. The van der Waals surface area contributed by atoms with Crippen LogP contribution < -0.4 is 0 Å². The quantitative estimate of drug-likeness (QED) is 0.430. The van der Waals surface area contributed by atoms with Gasteiger partial charge in [0.05, 0.1) is 27.5 Å². The molecule has 0 saturated heterocycles. The number of nitrogens with zero attached hydrogens (tertiary/aromatic N) is 3. The van der Waals surface area contributed by atoms with Crippen molar-refractivity contribution in [3.05, 3.63) is 44.0 Å². The van der Waals surface area contributed by atoms with Gasteiger partial charge < -0.3 is 4.84 Å². The standard InChI is InChI=1S/C18H21N3O6/c22-18(12-5-1-2-6-12)27-19-16-8-4-3-7-14(16)15-10-9-13(20(23)24)11-17(15)21(25)26/h9-12,14H,1-8H2. The van der Waals surface area contributed by atoms with E-state index in [0.717, 1.165) is 44.6 Å². The Morgan fingerprint density at radius 1 is 1.04 bits per heavy atom. The highest BCUT2D eigenvalue weighted by atomic mass is 16.7. The van der Waals surface area contributed by atoms with Crippen molar-refractivity contribution in [3.8, 4) is 0 Å². The van der Waals surface area contributed by atoms with Crippen molar-refractivity contribution < 1.29 is 19.5 Å². The minimum atomic E-state index is -0.657. The van der Waals surface area contributed by atoms with E-state index in [0.29, 0.717) is 24.1 Å². The van der Waals surface area contributed by atoms with Gasteiger partial charge in [0, 0.05) is 17.5 Å². The van der Waals surface area contributed by atoms with Crippen LogP contribution >= 0.6 is 0 Å². The fraction of sp³-hybridized carbons (Fsp3) is 0.556. The minimum absolute atomic E-state index is 0.120. The van der Waals surface area contributed by atoms with Gasteiger partial charge in [-0.1, -0.05) is 24.4 Å². The number of non-ortho nitro benzene ring substituents is 1. The maximum absolute atomic E-state index is 12.1. The lowest BCUT2D eigenvalue weighted by Gasteiger charge is -2.23. The van der Waals surface area contributed by atoms with Crippen LogP contribution in [0.15, 0.2) is 23.4 Å². The Labute approximate surface area is 155 Å². The molecule has 1 aromatic carbocycles. The number of oxime groups is 1. The van der Waals surface area contributed by atoms with Crippen LogP contribution in [0.4, 0.5) is 11.4 Å². The lowest BCUT2D eigenvalue weighted by atomic mass is 9.81. The first-order valence-electron chi connectivity index (χ1n) is 9.17. The third-order valence-electron chi connectivity index (χ3n) is 5.32. The largest absolute Gasteiger partial charge is 0.338 e. The summed E-state index contributed by atoms with van der Waals surface area (Å²) in [4.78, 5) is 38.4. The second-order valence-corrected chi connectivity index (χ2v) is 7.03. The molecule has 0 bridgehead atoms. The first-order valence-corrected chi connectivity index (χ1v) is 9.17. The molecule has 2 aliphatic carbocycles. The molecular weight excluding hydrogens is 354 g/mol. The van der Waals surface area contributed by atoms with Gasteiger partial charge in [-0.05, 0) is 38.2 Å². The van der Waals surface area contributed by atoms with E-state index in [2.05, 4.69) is 5.16 Å². The zero-order chi connectivity index (χ0) is 19.4. The number of rotatable bonds is 5. The highest BCUT2D eigenvalue weighted by Gasteiger charge is 2.31. The van der Waals surface area contributed by atoms with Crippen LogP contribution in [-0.2, 0) is 9.63 Å². The molecule has 1 atom stereocenters. The van der Waals surface area contributed by atoms with Gasteiger partial charge in [0.1, 0.15) is 0 Å². The van der Waals surface area contributed by atoms with Crippen LogP contribution in [0.1, 0.15) is 62.8 Å². The van der Waals surface area contributed by atoms with Gasteiger partial charge in [0.25, 0.3) is 11.4 Å². The molecule has 0 aliphatic heterocycles. The van der Waals surface area contributed by atoms with E-state index in [1.165, 1.54) is 12.1 Å². The Kier molecular flexibility index (Phi) is 5.78. The number of hydrogen-bond donors (Lipinski definition) is 0. The average molecular weight is 375 g/mol. The number of nitro groups is 2. The summed E-state index contributed by atoms with van der Waals surface area (Å²) in [6.07, 6.45) is 6.55. The van der Waals surface area contributed by atoms with Crippen LogP contribution in [0.2, 0.25) is 0 Å². The Balaban J connectivity index is 1.86. The van der Waals surface area contributed by atoms with Crippen LogP contribution in [0.5, 0.6) is 0 Å². The van der Waals surface area contributed by atoms with E-state index in [4.69, 9.17) is 4.84 Å². The molecule has 1 unspecified atom stereocenters. The number of carbonyl (C=O) groups excluding carboxylic acids is 1. The lowest BCUT2D eigenvalue weighted by molar-refractivity contribution is -0.394. The smallest absolute Gasteiger partial charge is 0.318 e. The molecule has 144 valence electrons. The van der Waals surface area contributed by atoms with Crippen molar-refractivity contribution in [1.82, 2.24) is 0 Å². The van der Waals surface area contributed by atoms with Gasteiger partial charge in [-0.25, -0.2) is 4.79 Å². The lowest BCUT2D eigenvalue weighted by Crippen LogP contribution is -2.21. The second-order valence-electron chi connectivity index (χ2n) is 7.03. The Morgan fingerprint density at radius 2 is 1.74 bits per heavy atom. The molecule has 2 saturated carbocycles. The van der Waals surface area contributed by atoms with Gasteiger partial charge in [-0.2, -0.15) is 0 Å². The maximum Gasteiger partial charge on any atom is 0.338 e. The molecule has 9 heteroatoms. The number of nitro benzene ring substituents is 2. The molecule has 9 nitrogen and oxygen atoms in total. The molecule has 0 heterocycles. The van der Waals surface area contributed by atoms with Crippen LogP contribution in [0.25, 0.3) is 0 Å². The molecule has 0 spiro atoms.